The molecule has 0 radical (unpaired) electrons. The van der Waals surface area contributed by atoms with Crippen LogP contribution in [-0.4, -0.2) is 25.2 Å². The van der Waals surface area contributed by atoms with Crippen LogP contribution < -0.4 is 0 Å². The van der Waals surface area contributed by atoms with E-state index in [0.717, 1.165) is 29.5 Å². The minimum absolute atomic E-state index is 0.349. The molecule has 0 aromatic heterocycles. The zero-order chi connectivity index (χ0) is 16.1. The molecular formula is C18H22O4. The predicted octanol–water partition coefficient (Wildman–Crippen LogP) is 3.38. The molecule has 2 rings (SSSR count). The van der Waals surface area contributed by atoms with E-state index in [1.165, 1.54) is 0 Å². The van der Waals surface area contributed by atoms with Gasteiger partial charge in [-0.1, -0.05) is 37.6 Å². The molecule has 0 fully saturated rings. The van der Waals surface area contributed by atoms with Gasteiger partial charge in [0.15, 0.2) is 0 Å². The Kier molecular flexibility index (Phi) is 5.36. The normalized spacial score (nSPS) is 16.0. The topological polar surface area (TPSA) is 52.6 Å². The number of aryl methyl sites for hydroxylation is 1. The Bertz CT molecular complexity index is 601. The van der Waals surface area contributed by atoms with Crippen LogP contribution in [0.2, 0.25) is 0 Å². The summed E-state index contributed by atoms with van der Waals surface area (Å²) in [6, 6.07) is 5.82. The average Bonchev–Trinajstić information content (AvgIpc) is 2.88. The Labute approximate surface area is 131 Å². The van der Waals surface area contributed by atoms with Crippen molar-refractivity contribution in [2.45, 2.75) is 39.5 Å². The molecule has 4 heteroatoms. The third kappa shape index (κ3) is 3.38. The molecule has 1 aliphatic carbocycles. The summed E-state index contributed by atoms with van der Waals surface area (Å²) in [6.45, 7) is 6.53. The van der Waals surface area contributed by atoms with E-state index in [1.807, 2.05) is 39.0 Å². The SMILES string of the molecule is CCCOC(=O)C1=Cc2ccc(C)cc2C1C(=O)OCCC. The third-order valence-corrected chi connectivity index (χ3v) is 3.53. The van der Waals surface area contributed by atoms with Crippen LogP contribution in [0.5, 0.6) is 0 Å². The Morgan fingerprint density at radius 2 is 1.77 bits per heavy atom. The van der Waals surface area contributed by atoms with Gasteiger partial charge < -0.3 is 9.47 Å². The zero-order valence-corrected chi connectivity index (χ0v) is 13.3. The first-order valence-corrected chi connectivity index (χ1v) is 7.74. The monoisotopic (exact) mass is 302 g/mol. The van der Waals surface area contributed by atoms with Crippen molar-refractivity contribution in [3.05, 3.63) is 40.5 Å². The molecule has 0 saturated carbocycles. The van der Waals surface area contributed by atoms with Crippen molar-refractivity contribution in [3.8, 4) is 0 Å². The summed E-state index contributed by atoms with van der Waals surface area (Å²) in [5.74, 6) is -1.49. The molecule has 0 amide bonds. The molecule has 0 saturated heterocycles. The molecule has 0 bridgehead atoms. The fourth-order valence-electron chi connectivity index (χ4n) is 2.49. The van der Waals surface area contributed by atoms with Crippen molar-refractivity contribution >= 4 is 18.0 Å². The number of benzene rings is 1. The Morgan fingerprint density at radius 1 is 1.09 bits per heavy atom. The molecule has 1 atom stereocenters. The smallest absolute Gasteiger partial charge is 0.335 e. The fourth-order valence-corrected chi connectivity index (χ4v) is 2.49. The first-order valence-electron chi connectivity index (χ1n) is 7.74. The first kappa shape index (κ1) is 16.3. The Hall–Kier alpha value is -2.10. The molecule has 118 valence electrons. The lowest BCUT2D eigenvalue weighted by molar-refractivity contribution is -0.147. The lowest BCUT2D eigenvalue weighted by atomic mass is 9.94. The van der Waals surface area contributed by atoms with Crippen LogP contribution in [0.3, 0.4) is 0 Å². The van der Waals surface area contributed by atoms with Crippen molar-refractivity contribution < 1.29 is 19.1 Å². The van der Waals surface area contributed by atoms with E-state index in [9.17, 15) is 9.59 Å². The van der Waals surface area contributed by atoms with Crippen LogP contribution in [0, 0.1) is 6.92 Å². The number of ether oxygens (including phenoxy) is 2. The second kappa shape index (κ2) is 7.25. The van der Waals surface area contributed by atoms with Crippen molar-refractivity contribution in [1.29, 1.82) is 0 Å². The van der Waals surface area contributed by atoms with E-state index >= 15 is 0 Å². The maximum Gasteiger partial charge on any atom is 0.335 e. The second-order valence-electron chi connectivity index (χ2n) is 5.47. The maximum atomic E-state index is 12.4. The standard InChI is InChI=1S/C18H22O4/c1-4-8-21-17(19)15-11-13-7-6-12(3)10-14(13)16(15)18(20)22-9-5-2/h6-7,10-11,16H,4-5,8-9H2,1-3H3. The lowest BCUT2D eigenvalue weighted by Crippen LogP contribution is -2.22. The van der Waals surface area contributed by atoms with Crippen LogP contribution >= 0.6 is 0 Å². The van der Waals surface area contributed by atoms with Crippen LogP contribution in [0.15, 0.2) is 23.8 Å². The summed E-state index contributed by atoms with van der Waals surface area (Å²) in [5, 5.41) is 0. The Balaban J connectivity index is 2.31. The van der Waals surface area contributed by atoms with Gasteiger partial charge in [-0.3, -0.25) is 4.79 Å². The fraction of sp³-hybridized carbons (Fsp3) is 0.444. The van der Waals surface area contributed by atoms with Gasteiger partial charge in [-0.05, 0) is 37.0 Å². The van der Waals surface area contributed by atoms with Gasteiger partial charge in [0.25, 0.3) is 0 Å². The highest BCUT2D eigenvalue weighted by Crippen LogP contribution is 2.38. The van der Waals surface area contributed by atoms with E-state index in [4.69, 9.17) is 9.47 Å². The number of rotatable bonds is 6. The summed E-state index contributed by atoms with van der Waals surface area (Å²) in [4.78, 5) is 24.6. The minimum Gasteiger partial charge on any atom is -0.465 e. The molecule has 0 spiro atoms. The number of carbonyl (C=O) groups is 2. The molecule has 0 heterocycles. The molecule has 4 nitrogen and oxygen atoms in total. The Morgan fingerprint density at radius 3 is 2.45 bits per heavy atom. The summed E-state index contributed by atoms with van der Waals surface area (Å²) in [5.41, 5.74) is 3.12. The molecule has 1 aromatic rings. The van der Waals surface area contributed by atoms with E-state index in [-0.39, 0.29) is 5.97 Å². The van der Waals surface area contributed by atoms with Gasteiger partial charge in [0.2, 0.25) is 0 Å². The lowest BCUT2D eigenvalue weighted by Gasteiger charge is -2.15. The summed E-state index contributed by atoms with van der Waals surface area (Å²) in [7, 11) is 0. The summed E-state index contributed by atoms with van der Waals surface area (Å²) < 4.78 is 10.5. The number of esters is 2. The predicted molar refractivity (Wildman–Crippen MR) is 84.4 cm³/mol. The van der Waals surface area contributed by atoms with Gasteiger partial charge in [0.05, 0.1) is 18.8 Å². The molecule has 1 aliphatic rings. The quantitative estimate of drug-likeness (QED) is 0.756. The van der Waals surface area contributed by atoms with E-state index in [0.29, 0.717) is 18.8 Å². The van der Waals surface area contributed by atoms with Crippen LogP contribution in [0.4, 0.5) is 0 Å². The number of carbonyl (C=O) groups excluding carboxylic acids is 2. The first-order chi connectivity index (χ1) is 10.6. The van der Waals surface area contributed by atoms with Crippen molar-refractivity contribution in [1.82, 2.24) is 0 Å². The largest absolute Gasteiger partial charge is 0.465 e. The van der Waals surface area contributed by atoms with Gasteiger partial charge >= 0.3 is 11.9 Å². The van der Waals surface area contributed by atoms with Crippen LogP contribution in [0.25, 0.3) is 6.08 Å². The molecule has 22 heavy (non-hydrogen) atoms. The van der Waals surface area contributed by atoms with Crippen LogP contribution in [0.1, 0.15) is 49.3 Å². The highest BCUT2D eigenvalue weighted by atomic mass is 16.5. The zero-order valence-electron chi connectivity index (χ0n) is 13.3. The summed E-state index contributed by atoms with van der Waals surface area (Å²) >= 11 is 0. The van der Waals surface area contributed by atoms with Crippen molar-refractivity contribution in [2.24, 2.45) is 0 Å². The number of hydrogen-bond donors (Lipinski definition) is 0. The summed E-state index contributed by atoms with van der Waals surface area (Å²) in [6.07, 6.45) is 3.24. The van der Waals surface area contributed by atoms with Gasteiger partial charge in [-0.15, -0.1) is 0 Å². The van der Waals surface area contributed by atoms with Crippen LogP contribution in [-0.2, 0) is 19.1 Å². The molecular weight excluding hydrogens is 280 g/mol. The number of hydrogen-bond acceptors (Lipinski definition) is 4. The molecule has 1 aromatic carbocycles. The molecule has 1 unspecified atom stereocenters. The average molecular weight is 302 g/mol. The second-order valence-corrected chi connectivity index (χ2v) is 5.47. The van der Waals surface area contributed by atoms with Gasteiger partial charge in [-0.2, -0.15) is 0 Å². The van der Waals surface area contributed by atoms with E-state index in [1.54, 1.807) is 6.08 Å². The van der Waals surface area contributed by atoms with Gasteiger partial charge in [0.1, 0.15) is 5.92 Å². The van der Waals surface area contributed by atoms with E-state index in [2.05, 4.69) is 0 Å². The maximum absolute atomic E-state index is 12.4. The van der Waals surface area contributed by atoms with Crippen molar-refractivity contribution in [2.75, 3.05) is 13.2 Å². The molecule has 0 N–H and O–H groups in total. The minimum atomic E-state index is -0.675. The van der Waals surface area contributed by atoms with Gasteiger partial charge in [0, 0.05) is 0 Å². The molecule has 0 aliphatic heterocycles. The van der Waals surface area contributed by atoms with E-state index < -0.39 is 11.9 Å². The third-order valence-electron chi connectivity index (χ3n) is 3.53. The van der Waals surface area contributed by atoms with Crippen molar-refractivity contribution in [3.63, 3.8) is 0 Å². The van der Waals surface area contributed by atoms with Gasteiger partial charge in [-0.25, -0.2) is 4.79 Å². The highest BCUT2D eigenvalue weighted by Gasteiger charge is 2.37. The number of fused-ring (bicyclic) bond motifs is 1. The highest BCUT2D eigenvalue weighted by molar-refractivity contribution is 6.05.